The Morgan fingerprint density at radius 2 is 2.00 bits per heavy atom. The van der Waals surface area contributed by atoms with Gasteiger partial charge in [-0.1, -0.05) is 25.1 Å². The van der Waals surface area contributed by atoms with Crippen LogP contribution in [0.25, 0.3) is 17.0 Å². The lowest BCUT2D eigenvalue weighted by atomic mass is 10.1. The molecule has 6 heteroatoms. The number of Topliss-reactive ketones (excluding diaryl/α,β-unsaturated/α-hetero) is 1. The van der Waals surface area contributed by atoms with E-state index in [0.717, 1.165) is 38.4 Å². The molecule has 0 spiro atoms. The summed E-state index contributed by atoms with van der Waals surface area (Å²) in [4.78, 5) is 22.5. The molecule has 0 fully saturated rings. The highest BCUT2D eigenvalue weighted by molar-refractivity contribution is 7.16. The number of rotatable bonds is 5. The summed E-state index contributed by atoms with van der Waals surface area (Å²) < 4.78 is 2.07. The van der Waals surface area contributed by atoms with Crippen LogP contribution in [0.4, 0.5) is 10.8 Å². The topological polar surface area (TPSA) is 59.3 Å². The van der Waals surface area contributed by atoms with Gasteiger partial charge in [0.15, 0.2) is 10.9 Å². The number of hydrogen-bond donors (Lipinski definition) is 1. The first-order valence-corrected chi connectivity index (χ1v) is 9.70. The number of nitrogens with one attached hydrogen (secondary N) is 1. The van der Waals surface area contributed by atoms with E-state index in [9.17, 15) is 4.79 Å². The van der Waals surface area contributed by atoms with E-state index in [1.54, 1.807) is 11.3 Å². The Labute approximate surface area is 161 Å². The average molecular weight is 376 g/mol. The molecule has 4 rings (SSSR count). The number of anilines is 2. The molecule has 0 amide bonds. The van der Waals surface area contributed by atoms with Crippen molar-refractivity contribution in [2.24, 2.45) is 0 Å². The standard InChI is InChI=1S/C21H20N4OS/c1-4-17(26)15-8-7-9-16(12-15)23-21-24-19(14(3)27-21)20-13(2)22-18-10-5-6-11-25(18)20/h5-12H,4H2,1-3H3,(H,23,24). The molecule has 4 aromatic rings. The fourth-order valence-corrected chi connectivity index (χ4v) is 4.00. The molecule has 136 valence electrons. The zero-order valence-corrected chi connectivity index (χ0v) is 16.3. The normalized spacial score (nSPS) is 11.1. The summed E-state index contributed by atoms with van der Waals surface area (Å²) in [7, 11) is 0. The van der Waals surface area contributed by atoms with Gasteiger partial charge in [-0.3, -0.25) is 9.20 Å². The molecular formula is C21H20N4OS. The van der Waals surface area contributed by atoms with Crippen LogP contribution in [0.1, 0.15) is 34.3 Å². The highest BCUT2D eigenvalue weighted by atomic mass is 32.1. The molecule has 0 atom stereocenters. The monoisotopic (exact) mass is 376 g/mol. The Morgan fingerprint density at radius 3 is 2.81 bits per heavy atom. The first kappa shape index (κ1) is 17.4. The van der Waals surface area contributed by atoms with E-state index >= 15 is 0 Å². The van der Waals surface area contributed by atoms with Gasteiger partial charge < -0.3 is 5.32 Å². The van der Waals surface area contributed by atoms with E-state index in [4.69, 9.17) is 4.98 Å². The third-order valence-electron chi connectivity index (χ3n) is 4.48. The van der Waals surface area contributed by atoms with Crippen LogP contribution in [0.15, 0.2) is 48.7 Å². The number of pyridine rings is 1. The van der Waals surface area contributed by atoms with Gasteiger partial charge in [-0.25, -0.2) is 9.97 Å². The predicted molar refractivity (Wildman–Crippen MR) is 110 cm³/mol. The number of fused-ring (bicyclic) bond motifs is 1. The van der Waals surface area contributed by atoms with Crippen molar-refractivity contribution in [3.63, 3.8) is 0 Å². The van der Waals surface area contributed by atoms with Gasteiger partial charge in [0.05, 0.1) is 11.4 Å². The molecule has 1 N–H and O–H groups in total. The number of imidazole rings is 1. The van der Waals surface area contributed by atoms with Crippen molar-refractivity contribution in [2.45, 2.75) is 27.2 Å². The Bertz CT molecular complexity index is 1140. The maximum absolute atomic E-state index is 11.9. The van der Waals surface area contributed by atoms with E-state index in [0.29, 0.717) is 12.0 Å². The second kappa shape index (κ2) is 6.96. The van der Waals surface area contributed by atoms with Crippen LogP contribution in [0.5, 0.6) is 0 Å². The molecule has 5 nitrogen and oxygen atoms in total. The van der Waals surface area contributed by atoms with Crippen LogP contribution in [0.2, 0.25) is 0 Å². The van der Waals surface area contributed by atoms with Gasteiger partial charge in [-0.05, 0) is 38.1 Å². The van der Waals surface area contributed by atoms with Gasteiger partial charge in [-0.2, -0.15) is 0 Å². The maximum Gasteiger partial charge on any atom is 0.188 e. The number of hydrogen-bond acceptors (Lipinski definition) is 5. The van der Waals surface area contributed by atoms with Gasteiger partial charge in [0, 0.05) is 28.7 Å². The van der Waals surface area contributed by atoms with Gasteiger partial charge >= 0.3 is 0 Å². The minimum absolute atomic E-state index is 0.135. The number of carbonyl (C=O) groups is 1. The van der Waals surface area contributed by atoms with Crippen LogP contribution in [-0.2, 0) is 0 Å². The quantitative estimate of drug-likeness (QED) is 0.473. The molecule has 3 aromatic heterocycles. The molecule has 0 aliphatic carbocycles. The van der Waals surface area contributed by atoms with E-state index in [1.165, 1.54) is 0 Å². The summed E-state index contributed by atoms with van der Waals surface area (Å²) in [6.45, 7) is 5.95. The number of thiazole rings is 1. The molecule has 1 aromatic carbocycles. The Hall–Kier alpha value is -2.99. The first-order valence-electron chi connectivity index (χ1n) is 8.88. The highest BCUT2D eigenvalue weighted by Gasteiger charge is 2.17. The first-order chi connectivity index (χ1) is 13.1. The Morgan fingerprint density at radius 1 is 1.15 bits per heavy atom. The van der Waals surface area contributed by atoms with Gasteiger partial charge in [-0.15, -0.1) is 11.3 Å². The van der Waals surface area contributed by atoms with Crippen molar-refractivity contribution >= 4 is 33.6 Å². The predicted octanol–water partition coefficient (Wildman–Crippen LogP) is 5.41. The second-order valence-electron chi connectivity index (χ2n) is 6.38. The van der Waals surface area contributed by atoms with Gasteiger partial charge in [0.2, 0.25) is 0 Å². The van der Waals surface area contributed by atoms with E-state index < -0.39 is 0 Å². The van der Waals surface area contributed by atoms with E-state index in [2.05, 4.69) is 21.6 Å². The lowest BCUT2D eigenvalue weighted by Crippen LogP contribution is -1.98. The summed E-state index contributed by atoms with van der Waals surface area (Å²) in [5, 5.41) is 4.14. The zero-order chi connectivity index (χ0) is 19.0. The van der Waals surface area contributed by atoms with Gasteiger partial charge in [0.1, 0.15) is 11.3 Å². The third kappa shape index (κ3) is 3.24. The number of aryl methyl sites for hydroxylation is 2. The summed E-state index contributed by atoms with van der Waals surface area (Å²) in [5.74, 6) is 0.135. The summed E-state index contributed by atoms with van der Waals surface area (Å²) in [5.41, 5.74) is 5.40. The Balaban J connectivity index is 1.70. The fraction of sp³-hybridized carbons (Fsp3) is 0.190. The molecular weight excluding hydrogens is 356 g/mol. The molecule has 0 bridgehead atoms. The second-order valence-corrected chi connectivity index (χ2v) is 7.58. The summed E-state index contributed by atoms with van der Waals surface area (Å²) >= 11 is 1.60. The maximum atomic E-state index is 11.9. The van der Waals surface area contributed by atoms with Crippen molar-refractivity contribution in [3.8, 4) is 11.4 Å². The van der Waals surface area contributed by atoms with Crippen molar-refractivity contribution in [3.05, 3.63) is 64.8 Å². The highest BCUT2D eigenvalue weighted by Crippen LogP contribution is 2.34. The summed E-state index contributed by atoms with van der Waals surface area (Å²) in [6, 6.07) is 13.5. The van der Waals surface area contributed by atoms with Crippen molar-refractivity contribution in [1.82, 2.24) is 14.4 Å². The van der Waals surface area contributed by atoms with Crippen LogP contribution >= 0.6 is 11.3 Å². The molecule has 0 aliphatic heterocycles. The fourth-order valence-electron chi connectivity index (χ4n) is 3.17. The number of ketones is 1. The molecule has 0 aliphatic rings. The minimum atomic E-state index is 0.135. The van der Waals surface area contributed by atoms with Crippen LogP contribution < -0.4 is 5.32 Å². The number of carbonyl (C=O) groups excluding carboxylic acids is 1. The molecule has 3 heterocycles. The SMILES string of the molecule is CCC(=O)c1cccc(Nc2nc(-c3c(C)nc4ccccn34)c(C)s2)c1. The lowest BCUT2D eigenvalue weighted by molar-refractivity contribution is 0.0988. The van der Waals surface area contributed by atoms with Crippen LogP contribution in [0.3, 0.4) is 0 Å². The zero-order valence-electron chi connectivity index (χ0n) is 15.5. The Kier molecular flexibility index (Phi) is 4.49. The largest absolute Gasteiger partial charge is 0.332 e. The average Bonchev–Trinajstić information content (AvgIpc) is 3.19. The molecule has 0 saturated heterocycles. The number of nitrogens with zero attached hydrogens (tertiary/aromatic N) is 3. The van der Waals surface area contributed by atoms with Gasteiger partial charge in [0.25, 0.3) is 0 Å². The molecule has 0 unspecified atom stereocenters. The smallest absolute Gasteiger partial charge is 0.188 e. The van der Waals surface area contributed by atoms with Crippen LogP contribution in [-0.4, -0.2) is 20.2 Å². The summed E-state index contributed by atoms with van der Waals surface area (Å²) in [6.07, 6.45) is 2.51. The van der Waals surface area contributed by atoms with Crippen LogP contribution in [0, 0.1) is 13.8 Å². The molecule has 0 saturated carbocycles. The lowest BCUT2D eigenvalue weighted by Gasteiger charge is -2.05. The van der Waals surface area contributed by atoms with E-state index in [1.807, 2.05) is 62.5 Å². The number of benzene rings is 1. The molecule has 0 radical (unpaired) electrons. The van der Waals surface area contributed by atoms with Crippen molar-refractivity contribution in [1.29, 1.82) is 0 Å². The van der Waals surface area contributed by atoms with Crippen molar-refractivity contribution in [2.75, 3.05) is 5.32 Å². The van der Waals surface area contributed by atoms with Crippen molar-refractivity contribution < 1.29 is 4.79 Å². The van der Waals surface area contributed by atoms with E-state index in [-0.39, 0.29) is 5.78 Å². The molecule has 27 heavy (non-hydrogen) atoms. The number of aromatic nitrogens is 3. The minimum Gasteiger partial charge on any atom is -0.332 e. The third-order valence-corrected chi connectivity index (χ3v) is 5.37.